The average Bonchev–Trinajstić information content (AvgIpc) is 3.40. The molecular formula is C24H18F2N4O3. The van der Waals surface area contributed by atoms with Crippen molar-refractivity contribution < 1.29 is 17.9 Å². The number of anilines is 1. The van der Waals surface area contributed by atoms with E-state index in [1.807, 2.05) is 6.92 Å². The minimum Gasteiger partial charge on any atom is -0.454 e. The smallest absolute Gasteiger partial charge is 0.261 e. The Balaban J connectivity index is 1.72. The van der Waals surface area contributed by atoms with E-state index in [4.69, 9.17) is 14.9 Å². The van der Waals surface area contributed by atoms with Crippen molar-refractivity contribution in [2.75, 3.05) is 5.73 Å². The molecule has 7 nitrogen and oxygen atoms in total. The van der Waals surface area contributed by atoms with Crippen molar-refractivity contribution in [3.05, 3.63) is 82.7 Å². The first kappa shape index (κ1) is 20.5. The van der Waals surface area contributed by atoms with Crippen LogP contribution >= 0.6 is 0 Å². The number of H-pyrrole nitrogens is 1. The van der Waals surface area contributed by atoms with Crippen LogP contribution in [0.2, 0.25) is 0 Å². The summed E-state index contributed by atoms with van der Waals surface area (Å²) in [7, 11) is 1.62. The maximum Gasteiger partial charge on any atom is 0.261 e. The lowest BCUT2D eigenvalue weighted by atomic mass is 10.0. The van der Waals surface area contributed by atoms with Gasteiger partial charge in [-0.3, -0.25) is 4.79 Å². The number of rotatable bonds is 4. The van der Waals surface area contributed by atoms with Gasteiger partial charge >= 0.3 is 0 Å². The molecule has 0 aliphatic heterocycles. The minimum atomic E-state index is -0.849. The number of halogens is 2. The molecule has 166 valence electrons. The summed E-state index contributed by atoms with van der Waals surface area (Å²) in [6.45, 7) is 1.81. The fraction of sp³-hybridized carbons (Fsp3) is 0.0833. The number of nitrogen functional groups attached to an aromatic ring is 1. The van der Waals surface area contributed by atoms with E-state index in [1.165, 1.54) is 10.6 Å². The molecule has 3 heterocycles. The summed E-state index contributed by atoms with van der Waals surface area (Å²) in [6, 6.07) is 9.49. The highest BCUT2D eigenvalue weighted by atomic mass is 19.1. The highest BCUT2D eigenvalue weighted by Gasteiger charge is 2.20. The van der Waals surface area contributed by atoms with Gasteiger partial charge < -0.3 is 24.4 Å². The van der Waals surface area contributed by atoms with E-state index in [-0.39, 0.29) is 17.1 Å². The summed E-state index contributed by atoms with van der Waals surface area (Å²) in [5.74, 6) is -0.327. The van der Waals surface area contributed by atoms with Crippen LogP contribution in [0.1, 0.15) is 5.82 Å². The van der Waals surface area contributed by atoms with Crippen LogP contribution < -0.4 is 16.0 Å². The lowest BCUT2D eigenvalue weighted by Gasteiger charge is -2.14. The van der Waals surface area contributed by atoms with E-state index in [9.17, 15) is 13.6 Å². The van der Waals surface area contributed by atoms with Crippen LogP contribution in [0.5, 0.6) is 11.5 Å². The Labute approximate surface area is 186 Å². The lowest BCUT2D eigenvalue weighted by Crippen LogP contribution is -2.15. The second kappa shape index (κ2) is 7.63. The van der Waals surface area contributed by atoms with E-state index < -0.39 is 11.6 Å². The molecule has 0 fully saturated rings. The normalized spacial score (nSPS) is 11.3. The molecule has 0 saturated carbocycles. The molecular weight excluding hydrogens is 430 g/mol. The molecule has 0 atom stereocenters. The molecule has 3 aromatic heterocycles. The van der Waals surface area contributed by atoms with Gasteiger partial charge in [-0.25, -0.2) is 13.8 Å². The van der Waals surface area contributed by atoms with Gasteiger partial charge in [0.05, 0.1) is 11.6 Å². The summed E-state index contributed by atoms with van der Waals surface area (Å²) in [4.78, 5) is 20.1. The van der Waals surface area contributed by atoms with Gasteiger partial charge in [-0.2, -0.15) is 0 Å². The van der Waals surface area contributed by atoms with E-state index in [0.29, 0.717) is 45.1 Å². The Bertz CT molecular complexity index is 1580. The zero-order valence-corrected chi connectivity index (χ0v) is 17.6. The van der Waals surface area contributed by atoms with Crippen LogP contribution in [0.25, 0.3) is 33.6 Å². The van der Waals surface area contributed by atoms with Crippen molar-refractivity contribution in [3.8, 4) is 34.1 Å². The molecule has 0 saturated heterocycles. The number of fused-ring (bicyclic) bond motifs is 1. The Morgan fingerprint density at radius 2 is 1.88 bits per heavy atom. The molecule has 0 amide bonds. The monoisotopic (exact) mass is 448 g/mol. The minimum absolute atomic E-state index is 0.156. The van der Waals surface area contributed by atoms with Crippen LogP contribution in [0, 0.1) is 18.6 Å². The predicted molar refractivity (Wildman–Crippen MR) is 120 cm³/mol. The number of nitrogens with one attached hydrogen (secondary N) is 1. The molecule has 2 aromatic carbocycles. The summed E-state index contributed by atoms with van der Waals surface area (Å²) in [6.07, 6.45) is 3.21. The number of ether oxygens (including phenoxy) is 1. The van der Waals surface area contributed by atoms with Crippen molar-refractivity contribution in [1.29, 1.82) is 0 Å². The highest BCUT2D eigenvalue weighted by molar-refractivity contribution is 5.95. The Hall–Kier alpha value is -4.40. The van der Waals surface area contributed by atoms with Gasteiger partial charge in [0.1, 0.15) is 28.7 Å². The molecule has 0 spiro atoms. The van der Waals surface area contributed by atoms with E-state index in [2.05, 4.69) is 9.97 Å². The number of hydrogen-bond acceptors (Lipinski definition) is 5. The van der Waals surface area contributed by atoms with Gasteiger partial charge in [0.2, 0.25) is 0 Å². The first-order valence-electron chi connectivity index (χ1n) is 9.98. The van der Waals surface area contributed by atoms with Crippen LogP contribution in [0.3, 0.4) is 0 Å². The standard InChI is InChI=1S/C24H18F2N4O3/c1-12-28-10-19(29-12)22-9-16-23(33-22)17(11-30(2)24(16)31)15-8-14(27)4-6-20(15)32-21-5-3-13(25)7-18(21)26/h3-11H,27H2,1-2H3,(H,28,29). The number of benzene rings is 2. The Morgan fingerprint density at radius 3 is 2.61 bits per heavy atom. The number of hydrogen-bond donors (Lipinski definition) is 2. The number of nitrogens with two attached hydrogens (primary N) is 1. The van der Waals surface area contributed by atoms with Crippen LogP contribution in [-0.2, 0) is 7.05 Å². The average molecular weight is 448 g/mol. The molecule has 0 bridgehead atoms. The van der Waals surface area contributed by atoms with E-state index in [1.54, 1.807) is 43.7 Å². The molecule has 0 aliphatic carbocycles. The molecule has 3 N–H and O–H groups in total. The summed E-state index contributed by atoms with van der Waals surface area (Å²) >= 11 is 0. The van der Waals surface area contributed by atoms with Crippen molar-refractivity contribution in [2.24, 2.45) is 7.05 Å². The number of aromatic nitrogens is 3. The van der Waals surface area contributed by atoms with Crippen molar-refractivity contribution in [3.63, 3.8) is 0 Å². The quantitative estimate of drug-likeness (QED) is 0.371. The molecule has 9 heteroatoms. The summed E-state index contributed by atoms with van der Waals surface area (Å²) in [5.41, 5.74) is 8.12. The van der Waals surface area contributed by atoms with Crippen molar-refractivity contribution >= 4 is 16.7 Å². The molecule has 33 heavy (non-hydrogen) atoms. The number of furan rings is 1. The maximum absolute atomic E-state index is 14.2. The third-order valence-corrected chi connectivity index (χ3v) is 5.23. The predicted octanol–water partition coefficient (Wildman–Crippen LogP) is 5.15. The second-order valence-electron chi connectivity index (χ2n) is 7.63. The number of aromatic amines is 1. The first-order valence-corrected chi connectivity index (χ1v) is 9.98. The lowest BCUT2D eigenvalue weighted by molar-refractivity contribution is 0.439. The Morgan fingerprint density at radius 1 is 1.09 bits per heavy atom. The van der Waals surface area contributed by atoms with Gasteiger partial charge in [-0.05, 0) is 43.3 Å². The van der Waals surface area contributed by atoms with Crippen molar-refractivity contribution in [2.45, 2.75) is 6.92 Å². The largest absolute Gasteiger partial charge is 0.454 e. The third kappa shape index (κ3) is 3.63. The number of nitrogens with zero attached hydrogens (tertiary/aromatic N) is 2. The van der Waals surface area contributed by atoms with Gasteiger partial charge in [0, 0.05) is 36.1 Å². The number of imidazole rings is 1. The molecule has 5 rings (SSSR count). The summed E-state index contributed by atoms with van der Waals surface area (Å²) < 4.78 is 40.8. The van der Waals surface area contributed by atoms with Crippen LogP contribution in [-0.4, -0.2) is 14.5 Å². The summed E-state index contributed by atoms with van der Waals surface area (Å²) in [5, 5.41) is 0.346. The van der Waals surface area contributed by atoms with Crippen molar-refractivity contribution in [1.82, 2.24) is 14.5 Å². The number of aryl methyl sites for hydroxylation is 2. The van der Waals surface area contributed by atoms with Gasteiger partial charge in [-0.15, -0.1) is 0 Å². The highest BCUT2D eigenvalue weighted by Crippen LogP contribution is 2.40. The van der Waals surface area contributed by atoms with Gasteiger partial charge in [0.25, 0.3) is 5.56 Å². The number of pyridine rings is 1. The second-order valence-corrected chi connectivity index (χ2v) is 7.63. The maximum atomic E-state index is 14.2. The Kier molecular flexibility index (Phi) is 4.74. The molecule has 0 radical (unpaired) electrons. The molecule has 5 aromatic rings. The van der Waals surface area contributed by atoms with Gasteiger partial charge in [-0.1, -0.05) is 0 Å². The zero-order valence-electron chi connectivity index (χ0n) is 17.6. The van der Waals surface area contributed by atoms with Crippen LogP contribution in [0.15, 0.2) is 64.1 Å². The topological polar surface area (TPSA) is 99.1 Å². The van der Waals surface area contributed by atoms with Gasteiger partial charge in [0.15, 0.2) is 17.3 Å². The SMILES string of the molecule is Cc1ncc(-c2cc3c(=O)n(C)cc(-c4cc(N)ccc4Oc4ccc(F)cc4F)c3o2)[nH]1. The van der Waals surface area contributed by atoms with E-state index >= 15 is 0 Å². The molecule has 0 unspecified atom stereocenters. The zero-order chi connectivity index (χ0) is 23.3. The third-order valence-electron chi connectivity index (χ3n) is 5.23. The first-order chi connectivity index (χ1) is 15.8. The van der Waals surface area contributed by atoms with E-state index in [0.717, 1.165) is 12.1 Å². The van der Waals surface area contributed by atoms with Crippen LogP contribution in [0.4, 0.5) is 14.5 Å². The molecule has 0 aliphatic rings. The fourth-order valence-electron chi connectivity index (χ4n) is 3.65. The fourth-order valence-corrected chi connectivity index (χ4v) is 3.65.